The lowest BCUT2D eigenvalue weighted by atomic mass is 10.2. The summed E-state index contributed by atoms with van der Waals surface area (Å²) in [6, 6.07) is 6.24. The summed E-state index contributed by atoms with van der Waals surface area (Å²) in [7, 11) is -3.61. The smallest absolute Gasteiger partial charge is 0.290 e. The standard InChI is InChI=1S/C20H23F2N5O4S2/c21-20(22)32-18-16(2-1-5-23-18)19(28)26-8-6-25(7-9-26)17-4-3-15(14-24-17)33(29,30)27-10-12-31-13-11-27/h1-5,14,20H,6-13H2. The van der Waals surface area contributed by atoms with Gasteiger partial charge in [0.05, 0.1) is 18.8 Å². The van der Waals surface area contributed by atoms with Gasteiger partial charge in [0.2, 0.25) is 10.0 Å². The van der Waals surface area contributed by atoms with Crippen molar-refractivity contribution in [1.29, 1.82) is 0 Å². The molecule has 2 aromatic rings. The third-order valence-electron chi connectivity index (χ3n) is 5.42. The maximum Gasteiger partial charge on any atom is 0.290 e. The van der Waals surface area contributed by atoms with Crippen LogP contribution in [0.5, 0.6) is 0 Å². The van der Waals surface area contributed by atoms with E-state index in [1.165, 1.54) is 28.8 Å². The third kappa shape index (κ3) is 5.42. The van der Waals surface area contributed by atoms with Gasteiger partial charge in [-0.1, -0.05) is 0 Å². The van der Waals surface area contributed by atoms with Crippen molar-refractivity contribution in [2.45, 2.75) is 15.7 Å². The van der Waals surface area contributed by atoms with Crippen molar-refractivity contribution < 1.29 is 26.7 Å². The summed E-state index contributed by atoms with van der Waals surface area (Å²) in [5.41, 5.74) is 0.159. The molecule has 0 saturated carbocycles. The second-order valence-corrected chi connectivity index (χ2v) is 10.3. The fourth-order valence-corrected chi connectivity index (χ4v) is 5.62. The Labute approximate surface area is 194 Å². The van der Waals surface area contributed by atoms with E-state index in [4.69, 9.17) is 4.74 Å². The Morgan fingerprint density at radius 2 is 1.76 bits per heavy atom. The molecule has 9 nitrogen and oxygen atoms in total. The van der Waals surface area contributed by atoms with Crippen molar-refractivity contribution in [2.24, 2.45) is 0 Å². The molecule has 0 unspecified atom stereocenters. The molecule has 2 aromatic heterocycles. The molecule has 178 valence electrons. The number of hydrogen-bond acceptors (Lipinski definition) is 8. The summed E-state index contributed by atoms with van der Waals surface area (Å²) >= 11 is 0.256. The first-order valence-corrected chi connectivity index (χ1v) is 12.7. The molecule has 2 aliphatic rings. The molecule has 0 N–H and O–H groups in total. The minimum absolute atomic E-state index is 0.0127. The number of ether oxygens (including phenoxy) is 1. The van der Waals surface area contributed by atoms with E-state index < -0.39 is 15.8 Å². The normalized spacial score (nSPS) is 18.0. The number of piperazine rings is 1. The predicted molar refractivity (Wildman–Crippen MR) is 118 cm³/mol. The average molecular weight is 500 g/mol. The van der Waals surface area contributed by atoms with E-state index >= 15 is 0 Å². The molecule has 2 aliphatic heterocycles. The Bertz CT molecular complexity index is 1070. The van der Waals surface area contributed by atoms with E-state index in [2.05, 4.69) is 9.97 Å². The minimum atomic E-state index is -3.61. The van der Waals surface area contributed by atoms with Crippen LogP contribution in [0.4, 0.5) is 14.6 Å². The van der Waals surface area contributed by atoms with Gasteiger partial charge in [-0.25, -0.2) is 18.4 Å². The first-order chi connectivity index (χ1) is 15.9. The van der Waals surface area contributed by atoms with Gasteiger partial charge in [0.25, 0.3) is 11.7 Å². The van der Waals surface area contributed by atoms with Crippen molar-refractivity contribution in [2.75, 3.05) is 57.4 Å². The fraction of sp³-hybridized carbons (Fsp3) is 0.450. The molecule has 0 radical (unpaired) electrons. The molecular formula is C20H23F2N5O4S2. The minimum Gasteiger partial charge on any atom is -0.379 e. The van der Waals surface area contributed by atoms with Crippen LogP contribution in [0.3, 0.4) is 0 Å². The highest BCUT2D eigenvalue weighted by Gasteiger charge is 2.28. The van der Waals surface area contributed by atoms with Gasteiger partial charge in [0.1, 0.15) is 15.7 Å². The summed E-state index contributed by atoms with van der Waals surface area (Å²) in [4.78, 5) is 24.8. The van der Waals surface area contributed by atoms with Gasteiger partial charge < -0.3 is 14.5 Å². The topological polar surface area (TPSA) is 95.9 Å². The van der Waals surface area contributed by atoms with E-state index in [0.717, 1.165) is 0 Å². The molecule has 0 aliphatic carbocycles. The van der Waals surface area contributed by atoms with E-state index in [9.17, 15) is 22.0 Å². The number of amides is 1. The van der Waals surface area contributed by atoms with Crippen molar-refractivity contribution in [1.82, 2.24) is 19.2 Å². The highest BCUT2D eigenvalue weighted by atomic mass is 32.2. The molecule has 13 heteroatoms. The molecule has 4 rings (SSSR count). The Morgan fingerprint density at radius 3 is 2.39 bits per heavy atom. The number of aromatic nitrogens is 2. The largest absolute Gasteiger partial charge is 0.379 e. The molecule has 2 fully saturated rings. The zero-order valence-corrected chi connectivity index (χ0v) is 19.3. The first kappa shape index (κ1) is 23.8. The lowest BCUT2D eigenvalue weighted by Gasteiger charge is -2.35. The van der Waals surface area contributed by atoms with E-state index in [0.29, 0.717) is 58.3 Å². The van der Waals surface area contributed by atoms with Gasteiger partial charge in [-0.05, 0) is 36.0 Å². The second kappa shape index (κ2) is 10.3. The van der Waals surface area contributed by atoms with Crippen LogP contribution in [-0.4, -0.2) is 91.7 Å². The maximum absolute atomic E-state index is 12.9. The first-order valence-electron chi connectivity index (χ1n) is 10.3. The van der Waals surface area contributed by atoms with Crippen LogP contribution in [0, 0.1) is 0 Å². The zero-order valence-electron chi connectivity index (χ0n) is 17.6. The number of hydrogen-bond donors (Lipinski definition) is 0. The number of nitrogens with zero attached hydrogens (tertiary/aromatic N) is 5. The van der Waals surface area contributed by atoms with Gasteiger partial charge in [0.15, 0.2) is 0 Å². The number of carbonyl (C=O) groups excluding carboxylic acids is 1. The van der Waals surface area contributed by atoms with Crippen molar-refractivity contribution in [3.8, 4) is 0 Å². The Balaban J connectivity index is 1.39. The quantitative estimate of drug-likeness (QED) is 0.555. The SMILES string of the molecule is O=C(c1cccnc1SC(F)F)N1CCN(c2ccc(S(=O)(=O)N3CCOCC3)cn2)CC1. The Hall–Kier alpha value is -2.35. The number of carbonyl (C=O) groups is 1. The number of rotatable bonds is 6. The molecule has 1 amide bonds. The highest BCUT2D eigenvalue weighted by molar-refractivity contribution is 7.99. The zero-order chi connectivity index (χ0) is 23.4. The molecule has 33 heavy (non-hydrogen) atoms. The van der Waals surface area contributed by atoms with Crippen LogP contribution < -0.4 is 4.90 Å². The summed E-state index contributed by atoms with van der Waals surface area (Å²) in [6.45, 7) is 3.08. The number of sulfonamides is 1. The Kier molecular flexibility index (Phi) is 7.41. The average Bonchev–Trinajstić information content (AvgIpc) is 2.84. The van der Waals surface area contributed by atoms with Crippen LogP contribution in [-0.2, 0) is 14.8 Å². The van der Waals surface area contributed by atoms with Gasteiger partial charge in [-0.15, -0.1) is 0 Å². The van der Waals surface area contributed by atoms with Gasteiger partial charge in [-0.2, -0.15) is 13.1 Å². The lowest BCUT2D eigenvalue weighted by molar-refractivity contribution is 0.0730. The van der Waals surface area contributed by atoms with Crippen LogP contribution in [0.15, 0.2) is 46.6 Å². The van der Waals surface area contributed by atoms with Gasteiger partial charge in [0, 0.05) is 51.7 Å². The predicted octanol–water partition coefficient (Wildman–Crippen LogP) is 1.77. The summed E-state index contributed by atoms with van der Waals surface area (Å²) < 4.78 is 57.7. The van der Waals surface area contributed by atoms with Crippen molar-refractivity contribution >= 4 is 33.5 Å². The Morgan fingerprint density at radius 1 is 1.03 bits per heavy atom. The number of halogens is 2. The van der Waals surface area contributed by atoms with Crippen LogP contribution in [0.25, 0.3) is 0 Å². The molecule has 2 saturated heterocycles. The molecule has 0 aromatic carbocycles. The lowest BCUT2D eigenvalue weighted by Crippen LogP contribution is -2.49. The number of anilines is 1. The third-order valence-corrected chi connectivity index (χ3v) is 8.03. The second-order valence-electron chi connectivity index (χ2n) is 7.38. The van der Waals surface area contributed by atoms with Crippen LogP contribution in [0.2, 0.25) is 0 Å². The van der Waals surface area contributed by atoms with Crippen LogP contribution >= 0.6 is 11.8 Å². The number of thioether (sulfide) groups is 1. The van der Waals surface area contributed by atoms with Crippen molar-refractivity contribution in [3.05, 3.63) is 42.2 Å². The van der Waals surface area contributed by atoms with E-state index in [1.54, 1.807) is 17.0 Å². The monoisotopic (exact) mass is 499 g/mol. The summed E-state index contributed by atoms with van der Waals surface area (Å²) in [5.74, 6) is -2.39. The van der Waals surface area contributed by atoms with Crippen LogP contribution in [0.1, 0.15) is 10.4 Å². The fourth-order valence-electron chi connectivity index (χ4n) is 3.69. The summed E-state index contributed by atoms with van der Waals surface area (Å²) in [6.07, 6.45) is 2.73. The number of morpholine rings is 1. The molecule has 4 heterocycles. The summed E-state index contributed by atoms with van der Waals surface area (Å²) in [5, 5.41) is 0.0127. The van der Waals surface area contributed by atoms with E-state index in [-0.39, 0.29) is 33.2 Å². The molecule has 0 atom stereocenters. The molecular weight excluding hydrogens is 476 g/mol. The van der Waals surface area contributed by atoms with Gasteiger partial charge >= 0.3 is 0 Å². The number of alkyl halides is 2. The highest BCUT2D eigenvalue weighted by Crippen LogP contribution is 2.27. The van der Waals surface area contributed by atoms with E-state index in [1.807, 2.05) is 4.90 Å². The van der Waals surface area contributed by atoms with Gasteiger partial charge in [-0.3, -0.25) is 4.79 Å². The molecule has 0 spiro atoms. The van der Waals surface area contributed by atoms with Crippen molar-refractivity contribution in [3.63, 3.8) is 0 Å². The molecule has 0 bridgehead atoms. The number of pyridine rings is 2. The maximum atomic E-state index is 12.9.